The average Bonchev–Trinajstić information content (AvgIpc) is 2.51. The Bertz CT molecular complexity index is 410. The van der Waals surface area contributed by atoms with Crippen molar-refractivity contribution >= 4 is 29.9 Å². The van der Waals surface area contributed by atoms with Gasteiger partial charge in [-0.3, -0.25) is 4.99 Å². The molecular formula is C18H32IN3O. The summed E-state index contributed by atoms with van der Waals surface area (Å²) >= 11 is 0. The van der Waals surface area contributed by atoms with Crippen molar-refractivity contribution in [2.75, 3.05) is 32.8 Å². The van der Waals surface area contributed by atoms with Crippen molar-refractivity contribution in [2.24, 2.45) is 10.9 Å². The first-order valence-corrected chi connectivity index (χ1v) is 8.36. The average molecular weight is 433 g/mol. The van der Waals surface area contributed by atoms with Crippen LogP contribution in [0.4, 0.5) is 0 Å². The normalized spacial score (nSPS) is 11.2. The molecule has 0 unspecified atom stereocenters. The summed E-state index contributed by atoms with van der Waals surface area (Å²) in [6.45, 7) is 10.6. The van der Waals surface area contributed by atoms with Crippen LogP contribution in [-0.4, -0.2) is 38.8 Å². The van der Waals surface area contributed by atoms with E-state index in [4.69, 9.17) is 4.74 Å². The van der Waals surface area contributed by atoms with E-state index < -0.39 is 0 Å². The predicted molar refractivity (Wildman–Crippen MR) is 110 cm³/mol. The highest BCUT2D eigenvalue weighted by Crippen LogP contribution is 1.98. The molecule has 0 aromatic heterocycles. The van der Waals surface area contributed by atoms with E-state index >= 15 is 0 Å². The SMILES string of the molecule is CCNC(=NCCCOCC(C)C)NCCc1ccccc1.I. The van der Waals surface area contributed by atoms with Gasteiger partial charge in [0.05, 0.1) is 0 Å². The second-order valence-electron chi connectivity index (χ2n) is 5.75. The van der Waals surface area contributed by atoms with Crippen molar-refractivity contribution < 1.29 is 4.74 Å². The number of hydrogen-bond acceptors (Lipinski definition) is 2. The molecule has 0 heterocycles. The van der Waals surface area contributed by atoms with Crippen molar-refractivity contribution in [1.29, 1.82) is 0 Å². The molecular weight excluding hydrogens is 401 g/mol. The molecule has 0 aliphatic rings. The number of ether oxygens (including phenoxy) is 1. The van der Waals surface area contributed by atoms with Crippen LogP contribution in [0.1, 0.15) is 32.8 Å². The van der Waals surface area contributed by atoms with Crippen molar-refractivity contribution in [3.63, 3.8) is 0 Å². The zero-order chi connectivity index (χ0) is 16.0. The van der Waals surface area contributed by atoms with Gasteiger partial charge in [0.15, 0.2) is 5.96 Å². The minimum atomic E-state index is 0. The van der Waals surface area contributed by atoms with Crippen molar-refractivity contribution in [3.05, 3.63) is 35.9 Å². The lowest BCUT2D eigenvalue weighted by molar-refractivity contribution is 0.109. The molecule has 0 radical (unpaired) electrons. The van der Waals surface area contributed by atoms with Gasteiger partial charge in [0.25, 0.3) is 0 Å². The summed E-state index contributed by atoms with van der Waals surface area (Å²) in [4.78, 5) is 4.58. The molecule has 132 valence electrons. The van der Waals surface area contributed by atoms with Crippen molar-refractivity contribution in [3.8, 4) is 0 Å². The van der Waals surface area contributed by atoms with Gasteiger partial charge in [-0.25, -0.2) is 0 Å². The molecule has 0 aliphatic heterocycles. The standard InChI is InChI=1S/C18H31N3O.HI/c1-4-19-18(20-12-8-14-22-15-16(2)3)21-13-11-17-9-6-5-7-10-17;/h5-7,9-10,16H,4,8,11-15H2,1-3H3,(H2,19,20,21);1H. The van der Waals surface area contributed by atoms with Crippen LogP contribution in [0.15, 0.2) is 35.3 Å². The summed E-state index contributed by atoms with van der Waals surface area (Å²) < 4.78 is 5.57. The Hall–Kier alpha value is -0.820. The van der Waals surface area contributed by atoms with Crippen LogP contribution in [0.25, 0.3) is 0 Å². The number of hydrogen-bond donors (Lipinski definition) is 2. The lowest BCUT2D eigenvalue weighted by atomic mass is 10.1. The summed E-state index contributed by atoms with van der Waals surface area (Å²) in [5.41, 5.74) is 1.34. The smallest absolute Gasteiger partial charge is 0.191 e. The van der Waals surface area contributed by atoms with E-state index in [1.54, 1.807) is 0 Å². The van der Waals surface area contributed by atoms with E-state index in [-0.39, 0.29) is 24.0 Å². The monoisotopic (exact) mass is 433 g/mol. The Morgan fingerprint density at radius 1 is 1.17 bits per heavy atom. The van der Waals surface area contributed by atoms with Crippen LogP contribution < -0.4 is 10.6 Å². The fourth-order valence-corrected chi connectivity index (χ4v) is 1.99. The summed E-state index contributed by atoms with van der Waals surface area (Å²) in [5, 5.41) is 6.65. The quantitative estimate of drug-likeness (QED) is 0.257. The molecule has 1 aromatic carbocycles. The Morgan fingerprint density at radius 2 is 1.91 bits per heavy atom. The maximum Gasteiger partial charge on any atom is 0.191 e. The summed E-state index contributed by atoms with van der Waals surface area (Å²) in [6.07, 6.45) is 1.96. The Labute approximate surface area is 158 Å². The number of nitrogens with zero attached hydrogens (tertiary/aromatic N) is 1. The van der Waals surface area contributed by atoms with Gasteiger partial charge < -0.3 is 15.4 Å². The molecule has 0 saturated carbocycles. The maximum absolute atomic E-state index is 5.57. The number of guanidine groups is 1. The highest BCUT2D eigenvalue weighted by Gasteiger charge is 1.98. The molecule has 0 amide bonds. The lowest BCUT2D eigenvalue weighted by Gasteiger charge is -2.11. The molecule has 0 bridgehead atoms. The number of benzene rings is 1. The molecule has 0 aliphatic carbocycles. The first-order chi connectivity index (χ1) is 10.7. The predicted octanol–water partition coefficient (Wildman–Crippen LogP) is 3.46. The second-order valence-corrected chi connectivity index (χ2v) is 5.75. The van der Waals surface area contributed by atoms with Gasteiger partial charge in [0.1, 0.15) is 0 Å². The summed E-state index contributed by atoms with van der Waals surface area (Å²) in [7, 11) is 0. The fourth-order valence-electron chi connectivity index (χ4n) is 1.99. The first kappa shape index (κ1) is 22.2. The van der Waals surface area contributed by atoms with Gasteiger partial charge in [-0.05, 0) is 31.2 Å². The number of halogens is 1. The van der Waals surface area contributed by atoms with Crippen LogP contribution in [0.5, 0.6) is 0 Å². The highest BCUT2D eigenvalue weighted by molar-refractivity contribution is 14.0. The first-order valence-electron chi connectivity index (χ1n) is 8.36. The van der Waals surface area contributed by atoms with Crippen LogP contribution in [0.3, 0.4) is 0 Å². The molecule has 0 saturated heterocycles. The van der Waals surface area contributed by atoms with Gasteiger partial charge in [-0.2, -0.15) is 0 Å². The van der Waals surface area contributed by atoms with Crippen molar-refractivity contribution in [1.82, 2.24) is 10.6 Å². The largest absolute Gasteiger partial charge is 0.381 e. The Kier molecular flexibility index (Phi) is 14.2. The highest BCUT2D eigenvalue weighted by atomic mass is 127. The molecule has 2 N–H and O–H groups in total. The zero-order valence-electron chi connectivity index (χ0n) is 14.7. The third-order valence-corrected chi connectivity index (χ3v) is 3.06. The Balaban J connectivity index is 0.00000484. The van der Waals surface area contributed by atoms with Crippen LogP contribution in [-0.2, 0) is 11.2 Å². The topological polar surface area (TPSA) is 45.7 Å². The number of aliphatic imine (C=N–C) groups is 1. The number of nitrogens with one attached hydrogen (secondary N) is 2. The van der Waals surface area contributed by atoms with E-state index in [1.165, 1.54) is 5.56 Å². The maximum atomic E-state index is 5.57. The summed E-state index contributed by atoms with van der Waals surface area (Å²) in [6, 6.07) is 10.5. The van der Waals surface area contributed by atoms with Crippen LogP contribution in [0, 0.1) is 5.92 Å². The van der Waals surface area contributed by atoms with E-state index in [0.717, 1.165) is 51.6 Å². The van der Waals surface area contributed by atoms with Crippen LogP contribution in [0.2, 0.25) is 0 Å². The Morgan fingerprint density at radius 3 is 2.57 bits per heavy atom. The van der Waals surface area contributed by atoms with Gasteiger partial charge in [-0.15, -0.1) is 24.0 Å². The minimum Gasteiger partial charge on any atom is -0.381 e. The minimum absolute atomic E-state index is 0. The van der Waals surface area contributed by atoms with E-state index in [9.17, 15) is 0 Å². The molecule has 1 aromatic rings. The molecule has 0 fully saturated rings. The van der Waals surface area contributed by atoms with Crippen molar-refractivity contribution in [2.45, 2.75) is 33.6 Å². The molecule has 5 heteroatoms. The van der Waals surface area contributed by atoms with Gasteiger partial charge >= 0.3 is 0 Å². The van der Waals surface area contributed by atoms with Gasteiger partial charge in [0.2, 0.25) is 0 Å². The van der Waals surface area contributed by atoms with E-state index in [0.29, 0.717) is 5.92 Å². The second kappa shape index (κ2) is 14.8. The van der Waals surface area contributed by atoms with Crippen LogP contribution >= 0.6 is 24.0 Å². The third kappa shape index (κ3) is 12.3. The van der Waals surface area contributed by atoms with E-state index in [2.05, 4.69) is 60.7 Å². The fraction of sp³-hybridized carbons (Fsp3) is 0.611. The molecule has 4 nitrogen and oxygen atoms in total. The van der Waals surface area contributed by atoms with E-state index in [1.807, 2.05) is 6.07 Å². The lowest BCUT2D eigenvalue weighted by Crippen LogP contribution is -2.38. The molecule has 0 atom stereocenters. The third-order valence-electron chi connectivity index (χ3n) is 3.06. The van der Waals surface area contributed by atoms with Gasteiger partial charge in [0, 0.05) is 32.8 Å². The molecule has 0 spiro atoms. The number of rotatable bonds is 10. The zero-order valence-corrected chi connectivity index (χ0v) is 17.0. The molecule has 1 rings (SSSR count). The molecule has 23 heavy (non-hydrogen) atoms. The summed E-state index contributed by atoms with van der Waals surface area (Å²) in [5.74, 6) is 1.49. The van der Waals surface area contributed by atoms with Gasteiger partial charge in [-0.1, -0.05) is 44.2 Å².